The SMILES string of the molecule is COC[C@@H](C)NC(=O)CSCC(=O)O. The number of ether oxygens (including phenoxy) is 1. The Morgan fingerprint density at radius 1 is 1.50 bits per heavy atom. The highest BCUT2D eigenvalue weighted by atomic mass is 32.2. The molecule has 14 heavy (non-hydrogen) atoms. The van der Waals surface area contributed by atoms with E-state index in [0.29, 0.717) is 6.61 Å². The zero-order valence-electron chi connectivity index (χ0n) is 8.28. The summed E-state index contributed by atoms with van der Waals surface area (Å²) in [5, 5.41) is 11.0. The number of carbonyl (C=O) groups excluding carboxylic acids is 1. The molecular weight excluding hydrogens is 206 g/mol. The summed E-state index contributed by atoms with van der Waals surface area (Å²) >= 11 is 1.08. The van der Waals surface area contributed by atoms with Crippen molar-refractivity contribution >= 4 is 23.6 Å². The maximum Gasteiger partial charge on any atom is 0.313 e. The van der Waals surface area contributed by atoms with Crippen LogP contribution in [0.4, 0.5) is 0 Å². The van der Waals surface area contributed by atoms with Crippen molar-refractivity contribution in [2.75, 3.05) is 25.2 Å². The van der Waals surface area contributed by atoms with Gasteiger partial charge in [-0.25, -0.2) is 0 Å². The van der Waals surface area contributed by atoms with Crippen LogP contribution in [-0.4, -0.2) is 48.2 Å². The molecule has 82 valence electrons. The van der Waals surface area contributed by atoms with E-state index in [1.165, 1.54) is 0 Å². The molecule has 0 spiro atoms. The predicted molar refractivity (Wildman–Crippen MR) is 54.4 cm³/mol. The highest BCUT2D eigenvalue weighted by molar-refractivity contribution is 8.00. The van der Waals surface area contributed by atoms with E-state index in [0.717, 1.165) is 11.8 Å². The summed E-state index contributed by atoms with van der Waals surface area (Å²) in [4.78, 5) is 21.3. The van der Waals surface area contributed by atoms with E-state index in [4.69, 9.17) is 9.84 Å². The summed E-state index contributed by atoms with van der Waals surface area (Å²) in [6.07, 6.45) is 0. The molecule has 0 rings (SSSR count). The second-order valence-electron chi connectivity index (χ2n) is 2.81. The van der Waals surface area contributed by atoms with Crippen molar-refractivity contribution in [3.63, 3.8) is 0 Å². The Morgan fingerprint density at radius 3 is 2.64 bits per heavy atom. The molecule has 0 aromatic carbocycles. The number of thioether (sulfide) groups is 1. The van der Waals surface area contributed by atoms with Crippen LogP contribution in [0.3, 0.4) is 0 Å². The number of nitrogens with one attached hydrogen (secondary N) is 1. The minimum Gasteiger partial charge on any atom is -0.481 e. The normalized spacial score (nSPS) is 12.1. The van der Waals surface area contributed by atoms with Gasteiger partial charge in [0.05, 0.1) is 18.1 Å². The Hall–Kier alpha value is -0.750. The lowest BCUT2D eigenvalue weighted by Gasteiger charge is -2.11. The van der Waals surface area contributed by atoms with Crippen molar-refractivity contribution in [3.8, 4) is 0 Å². The van der Waals surface area contributed by atoms with E-state index in [1.807, 2.05) is 6.92 Å². The highest BCUT2D eigenvalue weighted by Crippen LogP contribution is 1.98. The number of rotatable bonds is 7. The molecule has 2 N–H and O–H groups in total. The first-order valence-corrected chi connectivity index (χ1v) is 5.29. The molecule has 0 radical (unpaired) electrons. The van der Waals surface area contributed by atoms with Crippen molar-refractivity contribution in [1.82, 2.24) is 5.32 Å². The van der Waals surface area contributed by atoms with Gasteiger partial charge in [0.15, 0.2) is 0 Å². The quantitative estimate of drug-likeness (QED) is 0.630. The van der Waals surface area contributed by atoms with Gasteiger partial charge in [0.2, 0.25) is 5.91 Å². The minimum absolute atomic E-state index is 0.0436. The second kappa shape index (κ2) is 7.64. The van der Waals surface area contributed by atoms with E-state index in [-0.39, 0.29) is 23.5 Å². The first kappa shape index (κ1) is 13.2. The van der Waals surface area contributed by atoms with Crippen molar-refractivity contribution in [2.45, 2.75) is 13.0 Å². The van der Waals surface area contributed by atoms with Crippen LogP contribution in [0.1, 0.15) is 6.92 Å². The third-order valence-electron chi connectivity index (χ3n) is 1.28. The molecular formula is C8H15NO4S. The lowest BCUT2D eigenvalue weighted by molar-refractivity contribution is -0.133. The largest absolute Gasteiger partial charge is 0.481 e. The number of carboxylic acid groups (broad SMARTS) is 1. The summed E-state index contributed by atoms with van der Waals surface area (Å²) in [5.41, 5.74) is 0. The van der Waals surface area contributed by atoms with Gasteiger partial charge in [-0.05, 0) is 6.92 Å². The molecule has 1 atom stereocenters. The molecule has 0 aliphatic carbocycles. The fourth-order valence-corrected chi connectivity index (χ4v) is 1.38. The lowest BCUT2D eigenvalue weighted by atomic mass is 10.3. The van der Waals surface area contributed by atoms with Crippen molar-refractivity contribution in [1.29, 1.82) is 0 Å². The van der Waals surface area contributed by atoms with Gasteiger partial charge in [-0.2, -0.15) is 0 Å². The van der Waals surface area contributed by atoms with Crippen molar-refractivity contribution in [2.24, 2.45) is 0 Å². The van der Waals surface area contributed by atoms with Gasteiger partial charge in [0, 0.05) is 13.2 Å². The van der Waals surface area contributed by atoms with Crippen molar-refractivity contribution in [3.05, 3.63) is 0 Å². The fraction of sp³-hybridized carbons (Fsp3) is 0.750. The zero-order valence-corrected chi connectivity index (χ0v) is 9.10. The summed E-state index contributed by atoms with van der Waals surface area (Å²) in [6.45, 7) is 2.28. The monoisotopic (exact) mass is 221 g/mol. The Morgan fingerprint density at radius 2 is 2.14 bits per heavy atom. The van der Waals surface area contributed by atoms with Crippen molar-refractivity contribution < 1.29 is 19.4 Å². The van der Waals surface area contributed by atoms with Gasteiger partial charge in [0.1, 0.15) is 0 Å². The number of hydrogen-bond donors (Lipinski definition) is 2. The molecule has 0 heterocycles. The molecule has 0 saturated carbocycles. The molecule has 0 unspecified atom stereocenters. The average molecular weight is 221 g/mol. The number of methoxy groups -OCH3 is 1. The molecule has 1 amide bonds. The van der Waals surface area contributed by atoms with Crippen LogP contribution in [0, 0.1) is 0 Å². The maximum atomic E-state index is 11.1. The maximum absolute atomic E-state index is 11.1. The second-order valence-corrected chi connectivity index (χ2v) is 3.80. The van der Waals surface area contributed by atoms with Gasteiger partial charge in [0.25, 0.3) is 0 Å². The number of amides is 1. The Bertz CT molecular complexity index is 198. The molecule has 0 aromatic rings. The van der Waals surface area contributed by atoms with Gasteiger partial charge < -0.3 is 15.2 Å². The van der Waals surface area contributed by atoms with Crippen LogP contribution < -0.4 is 5.32 Å². The molecule has 0 aliphatic heterocycles. The van der Waals surface area contributed by atoms with Gasteiger partial charge in [-0.3, -0.25) is 9.59 Å². The molecule has 0 saturated heterocycles. The number of carbonyl (C=O) groups is 2. The van der Waals surface area contributed by atoms with Gasteiger partial charge in [-0.15, -0.1) is 11.8 Å². The van der Waals surface area contributed by atoms with E-state index in [1.54, 1.807) is 7.11 Å². The number of carboxylic acids is 1. The molecule has 0 bridgehead atoms. The average Bonchev–Trinajstić information content (AvgIpc) is 2.03. The Balaban J connectivity index is 3.50. The fourth-order valence-electron chi connectivity index (χ4n) is 0.839. The summed E-state index contributed by atoms with van der Waals surface area (Å²) in [6, 6.07) is -0.0436. The number of hydrogen-bond acceptors (Lipinski definition) is 4. The Labute approximate surface area is 87.2 Å². The molecule has 0 fully saturated rings. The Kier molecular flexibility index (Phi) is 7.23. The van der Waals surface area contributed by atoms with Crippen LogP contribution in [0.15, 0.2) is 0 Å². The topological polar surface area (TPSA) is 75.6 Å². The third kappa shape index (κ3) is 7.88. The molecule has 6 heteroatoms. The van der Waals surface area contributed by atoms with Gasteiger partial charge >= 0.3 is 5.97 Å². The first-order chi connectivity index (χ1) is 6.56. The molecule has 0 aromatic heterocycles. The number of aliphatic carboxylic acids is 1. The summed E-state index contributed by atoms with van der Waals surface area (Å²) in [5.74, 6) is -0.958. The minimum atomic E-state index is -0.910. The van der Waals surface area contributed by atoms with Crippen LogP contribution in [0.5, 0.6) is 0 Å². The van der Waals surface area contributed by atoms with Crippen LogP contribution in [-0.2, 0) is 14.3 Å². The van der Waals surface area contributed by atoms with E-state index >= 15 is 0 Å². The third-order valence-corrected chi connectivity index (χ3v) is 2.20. The van der Waals surface area contributed by atoms with E-state index < -0.39 is 5.97 Å². The van der Waals surface area contributed by atoms with Crippen LogP contribution in [0.2, 0.25) is 0 Å². The molecule has 5 nitrogen and oxygen atoms in total. The van der Waals surface area contributed by atoms with Gasteiger partial charge in [-0.1, -0.05) is 0 Å². The van der Waals surface area contributed by atoms with E-state index in [2.05, 4.69) is 5.32 Å². The van der Waals surface area contributed by atoms with E-state index in [9.17, 15) is 9.59 Å². The highest BCUT2D eigenvalue weighted by Gasteiger charge is 2.07. The lowest BCUT2D eigenvalue weighted by Crippen LogP contribution is -2.36. The summed E-state index contributed by atoms with van der Waals surface area (Å²) < 4.78 is 4.83. The summed E-state index contributed by atoms with van der Waals surface area (Å²) in [7, 11) is 1.56. The van der Waals surface area contributed by atoms with Crippen LogP contribution >= 0.6 is 11.8 Å². The standard InChI is InChI=1S/C8H15NO4S/c1-6(3-13-2)9-7(10)4-14-5-8(11)12/h6H,3-5H2,1-2H3,(H,9,10)(H,11,12)/t6-/m1/s1. The smallest absolute Gasteiger partial charge is 0.313 e. The molecule has 0 aliphatic rings. The first-order valence-electron chi connectivity index (χ1n) is 4.14. The predicted octanol–water partition coefficient (Wildman–Crippen LogP) is -0.0447. The van der Waals surface area contributed by atoms with Crippen LogP contribution in [0.25, 0.3) is 0 Å². The zero-order chi connectivity index (χ0) is 11.0.